The van der Waals surface area contributed by atoms with Crippen LogP contribution in [0.5, 0.6) is 0 Å². The van der Waals surface area contributed by atoms with Gasteiger partial charge in [-0.15, -0.1) is 23.2 Å². The van der Waals surface area contributed by atoms with Gasteiger partial charge in [0.2, 0.25) is 0 Å². The average molecular weight is 785 g/mol. The molecule has 2 aliphatic rings. The molecule has 4 heterocycles. The number of amides is 5. The van der Waals surface area contributed by atoms with E-state index in [2.05, 4.69) is 31.0 Å². The van der Waals surface area contributed by atoms with Crippen LogP contribution in [0.2, 0.25) is 0 Å². The third kappa shape index (κ3) is 20.9. The molecule has 54 heavy (non-hydrogen) atoms. The minimum absolute atomic E-state index is 0. The lowest BCUT2D eigenvalue weighted by Crippen LogP contribution is -2.47. The molecule has 0 unspecified atom stereocenters. The highest BCUT2D eigenvalue weighted by Crippen LogP contribution is 2.15. The summed E-state index contributed by atoms with van der Waals surface area (Å²) in [5.74, 6) is -0.0219. The Hall–Kier alpha value is -5.01. The number of nitrogens with one attached hydrogen (secondary N) is 5. The molecule has 0 spiro atoms. The molecule has 2 fully saturated rings. The third-order valence-electron chi connectivity index (χ3n) is 7.60. The first-order valence-corrected chi connectivity index (χ1v) is 17.6. The summed E-state index contributed by atoms with van der Waals surface area (Å²) in [5, 5.41) is 15.1. The molecule has 4 aromatic rings. The van der Waals surface area contributed by atoms with E-state index in [4.69, 9.17) is 37.2 Å². The van der Waals surface area contributed by atoms with Gasteiger partial charge >= 0.3 is 18.2 Å². The van der Waals surface area contributed by atoms with E-state index in [0.717, 1.165) is 55.7 Å². The van der Waals surface area contributed by atoms with Crippen LogP contribution in [-0.2, 0) is 9.59 Å². The molecule has 2 aromatic carbocycles. The van der Waals surface area contributed by atoms with Crippen LogP contribution in [0, 0.1) is 13.8 Å². The molecule has 5 N–H and O–H groups in total. The number of nitrogens with zero attached hydrogens (tertiary/aromatic N) is 1. The van der Waals surface area contributed by atoms with Crippen LogP contribution in [0.4, 0.5) is 21.0 Å². The van der Waals surface area contributed by atoms with Gasteiger partial charge in [0.25, 0.3) is 5.91 Å². The van der Waals surface area contributed by atoms with Crippen LogP contribution < -0.4 is 26.6 Å². The highest BCUT2D eigenvalue weighted by atomic mass is 35.5. The second-order valence-electron chi connectivity index (χ2n) is 11.5. The number of anilines is 2. The number of carbonyl (C=O) groups excluding carboxylic acids is 5. The lowest BCUT2D eigenvalue weighted by Gasteiger charge is -2.32. The van der Waals surface area contributed by atoms with Crippen molar-refractivity contribution < 1.29 is 32.8 Å². The molecule has 291 valence electrons. The largest absolute Gasteiger partial charge is 0.473 e. The monoisotopic (exact) mass is 783 g/mol. The highest BCUT2D eigenvalue weighted by Gasteiger charge is 2.25. The molecule has 0 saturated carbocycles. The molecular weight excluding hydrogens is 734 g/mol. The Labute approximate surface area is 329 Å². The first-order valence-electron chi connectivity index (χ1n) is 16.6. The minimum atomic E-state index is -0.210. The van der Waals surface area contributed by atoms with E-state index in [0.29, 0.717) is 24.7 Å². The second kappa shape index (κ2) is 29.4. The fourth-order valence-corrected chi connectivity index (χ4v) is 4.97. The van der Waals surface area contributed by atoms with Gasteiger partial charge in [0.05, 0.1) is 29.7 Å². The van der Waals surface area contributed by atoms with Gasteiger partial charge in [-0.2, -0.15) is 9.59 Å². The van der Waals surface area contributed by atoms with Crippen LogP contribution in [0.3, 0.4) is 0 Å². The number of hydrogen-bond acceptors (Lipinski definition) is 8. The van der Waals surface area contributed by atoms with Gasteiger partial charge in [-0.1, -0.05) is 42.8 Å². The summed E-state index contributed by atoms with van der Waals surface area (Å²) in [7, 11) is 0. The Bertz CT molecular complexity index is 1560. The number of likely N-dealkylation sites (tertiary alicyclic amines) is 1. The molecule has 2 aliphatic heterocycles. The van der Waals surface area contributed by atoms with E-state index < -0.39 is 0 Å². The van der Waals surface area contributed by atoms with Crippen LogP contribution in [0.1, 0.15) is 54.6 Å². The summed E-state index contributed by atoms with van der Waals surface area (Å²) in [6, 6.07) is 20.8. The third-order valence-corrected chi connectivity index (χ3v) is 7.60. The Morgan fingerprint density at radius 2 is 1.17 bits per heavy atom. The maximum atomic E-state index is 12.2. The van der Waals surface area contributed by atoms with Crippen molar-refractivity contribution in [3.63, 3.8) is 0 Å². The molecule has 6 rings (SSSR count). The van der Waals surface area contributed by atoms with E-state index in [1.807, 2.05) is 74.5 Å². The molecule has 2 saturated heterocycles. The summed E-state index contributed by atoms with van der Waals surface area (Å²) in [4.78, 5) is 54.0. The first kappa shape index (κ1) is 49.0. The maximum Gasteiger partial charge on any atom is 0.373 e. The quantitative estimate of drug-likeness (QED) is 0.104. The smallest absolute Gasteiger partial charge is 0.373 e. The number of furan rings is 2. The molecule has 13 nitrogen and oxygen atoms in total. The number of halogens is 2. The van der Waals surface area contributed by atoms with Crippen LogP contribution in [0.25, 0.3) is 0 Å². The molecule has 0 atom stereocenters. The van der Waals surface area contributed by atoms with Crippen molar-refractivity contribution in [1.82, 2.24) is 20.9 Å². The summed E-state index contributed by atoms with van der Waals surface area (Å²) in [6.07, 6.45) is 9.94. The van der Waals surface area contributed by atoms with Crippen LogP contribution in [0.15, 0.2) is 101 Å². The lowest BCUT2D eigenvalue weighted by atomic mass is 10.0. The van der Waals surface area contributed by atoms with Crippen LogP contribution in [-0.4, -0.2) is 81.0 Å². The highest BCUT2D eigenvalue weighted by molar-refractivity contribution is 6.40. The van der Waals surface area contributed by atoms with Gasteiger partial charge in [-0.05, 0) is 95.1 Å². The van der Waals surface area contributed by atoms with Gasteiger partial charge in [-0.25, -0.2) is 9.59 Å². The first-order chi connectivity index (χ1) is 25.2. The second-order valence-corrected chi connectivity index (χ2v) is 12.3. The van der Waals surface area contributed by atoms with Crippen molar-refractivity contribution in [2.24, 2.45) is 0 Å². The Balaban J connectivity index is 0.000000813. The molecule has 5 amide bonds. The van der Waals surface area contributed by atoms with Crippen molar-refractivity contribution in [3.8, 4) is 0 Å². The number of piperidine rings is 2. The number of carbonyl (C=O) groups is 3. The number of rotatable bonds is 5. The van der Waals surface area contributed by atoms with Gasteiger partial charge in [0.1, 0.15) is 6.26 Å². The zero-order valence-corrected chi connectivity index (χ0v) is 31.3. The maximum absolute atomic E-state index is 12.2. The van der Waals surface area contributed by atoms with Crippen molar-refractivity contribution in [3.05, 3.63) is 108 Å². The molecule has 16 heteroatoms. The van der Waals surface area contributed by atoms with E-state index in [1.54, 1.807) is 23.5 Å². The number of aryl methyl sites for hydroxylation is 2. The fourth-order valence-electron chi connectivity index (χ4n) is 4.97. The number of alkyl halides is 2. The number of hydrogen-bond donors (Lipinski definition) is 5. The van der Waals surface area contributed by atoms with E-state index in [1.165, 1.54) is 18.1 Å². The topological polar surface area (TPSA) is 175 Å². The molecular formula is C38H50BCl2N6O7. The van der Waals surface area contributed by atoms with Gasteiger partial charge in [-0.3, -0.25) is 4.79 Å². The minimum Gasteiger partial charge on any atom is -0.473 e. The van der Waals surface area contributed by atoms with Crippen LogP contribution >= 0.6 is 23.2 Å². The van der Waals surface area contributed by atoms with Crippen molar-refractivity contribution in [1.29, 1.82) is 0 Å². The molecule has 0 bridgehead atoms. The normalized spacial score (nSPS) is 13.1. The summed E-state index contributed by atoms with van der Waals surface area (Å²) in [5.41, 5.74) is 4.51. The SMILES string of the molecule is C.Cc1ccc(NC(=O)NC2CCN(C(=O)c3ccoc3)CC2)cc1.Cc1ccc(NC(=O)NC2CCNCC2)cc1.ClCCl.O=C=O.[B].c1ccoc1. The van der Waals surface area contributed by atoms with Gasteiger partial charge in [0, 0.05) is 45.0 Å². The zero-order valence-electron chi connectivity index (χ0n) is 29.8. The predicted molar refractivity (Wildman–Crippen MR) is 213 cm³/mol. The Morgan fingerprint density at radius 3 is 1.54 bits per heavy atom. The standard InChI is InChI=1S/C18H21N3O3.C13H19N3O.C4H4O.CH2Cl2.CO2.CH4.B/c1-13-2-4-15(5-3-13)19-18(23)20-16-6-9-21(10-7-16)17(22)14-8-11-24-12-14;1-10-2-4-11(5-3-10)15-13(17)16-12-6-8-14-9-7-12;1-2-4-5-3-1;2*2-1-3;;/h2-5,8,11-12,16H,6-7,9-10H2,1H3,(H2,19,20,23);2-5,12,14H,6-9H2,1H3,(H2,15,16,17);1-4H;1H2;;1H4;. The van der Waals surface area contributed by atoms with Gasteiger partial charge in [0.15, 0.2) is 0 Å². The zero-order chi connectivity index (χ0) is 38.0. The summed E-state index contributed by atoms with van der Waals surface area (Å²) >= 11 is 9.53. The molecule has 0 aliphatic carbocycles. The summed E-state index contributed by atoms with van der Waals surface area (Å²) in [6.45, 7) is 7.24. The number of benzene rings is 2. The number of urea groups is 2. The fraction of sp³-hybridized carbons (Fsp3) is 0.368. The van der Waals surface area contributed by atoms with Crippen molar-refractivity contribution >= 4 is 67.1 Å². The molecule has 2 aromatic heterocycles. The predicted octanol–water partition coefficient (Wildman–Crippen LogP) is 7.26. The average Bonchev–Trinajstić information content (AvgIpc) is 3.91. The molecule has 3 radical (unpaired) electrons. The Kier molecular flexibility index (Phi) is 26.7. The van der Waals surface area contributed by atoms with Gasteiger partial charge < -0.3 is 40.3 Å². The van der Waals surface area contributed by atoms with E-state index in [-0.39, 0.29) is 51.3 Å². The van der Waals surface area contributed by atoms with E-state index in [9.17, 15) is 14.4 Å². The van der Waals surface area contributed by atoms with Crippen molar-refractivity contribution in [2.45, 2.75) is 59.0 Å². The lowest BCUT2D eigenvalue weighted by molar-refractivity contribution is -0.191. The van der Waals surface area contributed by atoms with Crippen molar-refractivity contribution in [2.75, 3.05) is 42.2 Å². The van der Waals surface area contributed by atoms with E-state index >= 15 is 0 Å². The Morgan fingerprint density at radius 1 is 0.741 bits per heavy atom. The summed E-state index contributed by atoms with van der Waals surface area (Å²) < 4.78 is 9.53.